The van der Waals surface area contributed by atoms with Gasteiger partial charge in [0.25, 0.3) is 0 Å². The first-order valence-electron chi connectivity index (χ1n) is 5.92. The van der Waals surface area contributed by atoms with Crippen LogP contribution in [0.2, 0.25) is 0 Å². The van der Waals surface area contributed by atoms with Crippen molar-refractivity contribution in [3.8, 4) is 0 Å². The molecule has 2 aliphatic heterocycles. The molecule has 2 bridgehead atoms. The number of hydrogen-bond acceptors (Lipinski definition) is 1. The standard InChI is InChI=1S/C13H15Br2N/c14-12-5-9-3-8-1-2-11(16-7-8)4-10(9)6-13(12)15/h5-6,8,11,16H,1-4,7H2. The van der Waals surface area contributed by atoms with Crippen LogP contribution in [0.1, 0.15) is 24.0 Å². The zero-order chi connectivity index (χ0) is 11.1. The van der Waals surface area contributed by atoms with E-state index in [2.05, 4.69) is 49.3 Å². The predicted molar refractivity (Wildman–Crippen MR) is 73.8 cm³/mol. The van der Waals surface area contributed by atoms with Crippen LogP contribution in [-0.4, -0.2) is 12.6 Å². The highest BCUT2D eigenvalue weighted by Gasteiger charge is 2.26. The number of hydrogen-bond donors (Lipinski definition) is 1. The van der Waals surface area contributed by atoms with Gasteiger partial charge in [0, 0.05) is 15.0 Å². The largest absolute Gasteiger partial charge is 0.313 e. The lowest BCUT2D eigenvalue weighted by Crippen LogP contribution is -2.42. The maximum Gasteiger partial charge on any atom is 0.0320 e. The summed E-state index contributed by atoms with van der Waals surface area (Å²) in [4.78, 5) is 0. The Hall–Kier alpha value is 0.140. The lowest BCUT2D eigenvalue weighted by atomic mass is 9.81. The summed E-state index contributed by atoms with van der Waals surface area (Å²) in [6, 6.07) is 5.30. The molecule has 1 fully saturated rings. The molecule has 2 atom stereocenters. The fourth-order valence-corrected chi connectivity index (χ4v) is 3.69. The van der Waals surface area contributed by atoms with Crippen LogP contribution < -0.4 is 5.32 Å². The van der Waals surface area contributed by atoms with Gasteiger partial charge in [0.1, 0.15) is 0 Å². The third kappa shape index (κ3) is 2.09. The summed E-state index contributed by atoms with van der Waals surface area (Å²) in [5.74, 6) is 0.836. The van der Waals surface area contributed by atoms with Crippen molar-refractivity contribution in [1.29, 1.82) is 0 Å². The predicted octanol–water partition coefficient (Wildman–Crippen LogP) is 3.68. The van der Waals surface area contributed by atoms with Crippen molar-refractivity contribution in [1.82, 2.24) is 5.32 Å². The van der Waals surface area contributed by atoms with Crippen molar-refractivity contribution in [3.63, 3.8) is 0 Å². The second-order valence-corrected chi connectivity index (χ2v) is 6.70. The molecule has 1 aromatic rings. The van der Waals surface area contributed by atoms with E-state index in [1.54, 1.807) is 5.56 Å². The Labute approximate surface area is 113 Å². The molecular formula is C13H15Br2N. The molecule has 1 saturated heterocycles. The molecular weight excluding hydrogens is 330 g/mol. The molecule has 1 aromatic carbocycles. The second-order valence-electron chi connectivity index (χ2n) is 4.99. The van der Waals surface area contributed by atoms with Crippen molar-refractivity contribution in [3.05, 3.63) is 32.2 Å². The number of fused-ring (bicyclic) bond motifs is 2. The minimum atomic E-state index is 0.698. The Morgan fingerprint density at radius 3 is 2.31 bits per heavy atom. The molecule has 1 nitrogen and oxygen atoms in total. The highest BCUT2D eigenvalue weighted by Crippen LogP contribution is 2.33. The van der Waals surface area contributed by atoms with Crippen LogP contribution in [0.5, 0.6) is 0 Å². The van der Waals surface area contributed by atoms with Gasteiger partial charge >= 0.3 is 0 Å². The van der Waals surface area contributed by atoms with Gasteiger partial charge in [0.2, 0.25) is 0 Å². The first-order chi connectivity index (χ1) is 7.72. The van der Waals surface area contributed by atoms with E-state index in [0.29, 0.717) is 6.04 Å². The Morgan fingerprint density at radius 2 is 1.69 bits per heavy atom. The number of halogens is 2. The maximum atomic E-state index is 3.67. The molecule has 4 rings (SSSR count). The number of rotatable bonds is 0. The first-order valence-corrected chi connectivity index (χ1v) is 7.51. The maximum absolute atomic E-state index is 3.67. The third-order valence-electron chi connectivity index (χ3n) is 3.84. The fourth-order valence-electron chi connectivity index (χ4n) is 2.91. The van der Waals surface area contributed by atoms with Gasteiger partial charge in [-0.3, -0.25) is 0 Å². The average Bonchev–Trinajstić information content (AvgIpc) is 2.24. The summed E-state index contributed by atoms with van der Waals surface area (Å²) in [6.07, 6.45) is 5.16. The van der Waals surface area contributed by atoms with Crippen LogP contribution in [0.25, 0.3) is 0 Å². The summed E-state index contributed by atoms with van der Waals surface area (Å²) >= 11 is 7.22. The first kappa shape index (κ1) is 11.2. The van der Waals surface area contributed by atoms with Gasteiger partial charge in [0.05, 0.1) is 0 Å². The number of benzene rings is 1. The van der Waals surface area contributed by atoms with Crippen LogP contribution in [0.15, 0.2) is 21.1 Å². The highest BCUT2D eigenvalue weighted by atomic mass is 79.9. The van der Waals surface area contributed by atoms with Crippen LogP contribution in [-0.2, 0) is 12.8 Å². The zero-order valence-corrected chi connectivity index (χ0v) is 12.3. The van der Waals surface area contributed by atoms with Crippen LogP contribution in [0, 0.1) is 5.92 Å². The zero-order valence-electron chi connectivity index (χ0n) is 9.10. The molecule has 0 aromatic heterocycles. The molecule has 2 unspecified atom stereocenters. The normalized spacial score (nSPS) is 28.4. The van der Waals surface area contributed by atoms with Gasteiger partial charge in [0.15, 0.2) is 0 Å². The summed E-state index contributed by atoms with van der Waals surface area (Å²) in [6.45, 7) is 1.21. The molecule has 16 heavy (non-hydrogen) atoms. The van der Waals surface area contributed by atoms with E-state index >= 15 is 0 Å². The monoisotopic (exact) mass is 343 g/mol. The van der Waals surface area contributed by atoms with Crippen molar-refractivity contribution in [2.75, 3.05) is 6.54 Å². The van der Waals surface area contributed by atoms with Gasteiger partial charge in [-0.15, -0.1) is 0 Å². The third-order valence-corrected chi connectivity index (χ3v) is 5.68. The van der Waals surface area contributed by atoms with Crippen molar-refractivity contribution < 1.29 is 0 Å². The Kier molecular flexibility index (Phi) is 3.11. The summed E-state index contributed by atoms with van der Waals surface area (Å²) < 4.78 is 2.37. The number of nitrogens with one attached hydrogen (secondary N) is 1. The molecule has 0 saturated carbocycles. The van der Waals surface area contributed by atoms with E-state index in [4.69, 9.17) is 0 Å². The smallest absolute Gasteiger partial charge is 0.0320 e. The summed E-state index contributed by atoms with van der Waals surface area (Å²) in [7, 11) is 0. The minimum Gasteiger partial charge on any atom is -0.313 e. The molecule has 1 aliphatic carbocycles. The number of piperidine rings is 1. The Balaban J connectivity index is 2.03. The quantitative estimate of drug-likeness (QED) is 0.757. The molecule has 3 heteroatoms. The Bertz CT molecular complexity index is 370. The summed E-state index contributed by atoms with van der Waals surface area (Å²) in [5.41, 5.74) is 3.07. The van der Waals surface area contributed by atoms with E-state index in [-0.39, 0.29) is 0 Å². The van der Waals surface area contributed by atoms with E-state index < -0.39 is 0 Å². The van der Waals surface area contributed by atoms with Crippen molar-refractivity contribution >= 4 is 31.9 Å². The Morgan fingerprint density at radius 1 is 1.00 bits per heavy atom. The van der Waals surface area contributed by atoms with E-state index in [1.807, 2.05) is 0 Å². The van der Waals surface area contributed by atoms with Gasteiger partial charge < -0.3 is 5.32 Å². The van der Waals surface area contributed by atoms with Crippen molar-refractivity contribution in [2.24, 2.45) is 5.92 Å². The van der Waals surface area contributed by atoms with Crippen molar-refractivity contribution in [2.45, 2.75) is 31.7 Å². The molecule has 0 spiro atoms. The highest BCUT2D eigenvalue weighted by molar-refractivity contribution is 9.13. The van der Waals surface area contributed by atoms with E-state index in [9.17, 15) is 0 Å². The van der Waals surface area contributed by atoms with Gasteiger partial charge in [-0.2, -0.15) is 0 Å². The van der Waals surface area contributed by atoms with Crippen LogP contribution in [0.3, 0.4) is 0 Å². The molecule has 2 heterocycles. The molecule has 0 amide bonds. The van der Waals surface area contributed by atoms with Gasteiger partial charge in [-0.1, -0.05) is 0 Å². The fraction of sp³-hybridized carbons (Fsp3) is 0.538. The lowest BCUT2D eigenvalue weighted by molar-refractivity contribution is 0.296. The molecule has 86 valence electrons. The second kappa shape index (κ2) is 4.43. The molecule has 1 N–H and O–H groups in total. The van der Waals surface area contributed by atoms with Crippen LogP contribution in [0.4, 0.5) is 0 Å². The van der Waals surface area contributed by atoms with Crippen LogP contribution >= 0.6 is 31.9 Å². The SMILES string of the molecule is Brc1cc2c(cc1Br)CC1CCC(CN1)C2. The summed E-state index contributed by atoms with van der Waals surface area (Å²) in [5, 5.41) is 3.67. The average molecular weight is 345 g/mol. The molecule has 0 radical (unpaired) electrons. The van der Waals surface area contributed by atoms with Gasteiger partial charge in [-0.05, 0) is 93.3 Å². The van der Waals surface area contributed by atoms with Gasteiger partial charge in [-0.25, -0.2) is 0 Å². The van der Waals surface area contributed by atoms with E-state index in [1.165, 1.54) is 46.7 Å². The topological polar surface area (TPSA) is 12.0 Å². The minimum absolute atomic E-state index is 0.698. The van der Waals surface area contributed by atoms with E-state index in [0.717, 1.165) is 5.92 Å². The molecule has 3 aliphatic rings. The lowest BCUT2D eigenvalue weighted by Gasteiger charge is -2.34.